The minimum absolute atomic E-state index is 0.133. The van der Waals surface area contributed by atoms with Gasteiger partial charge in [0.25, 0.3) is 0 Å². The Labute approximate surface area is 173 Å². The molecule has 2 rings (SSSR count). The number of imide groups is 2. The molecule has 2 aliphatic rings. The van der Waals surface area contributed by atoms with E-state index in [1.54, 1.807) is 23.6 Å². The number of rotatable bonds is 7. The van der Waals surface area contributed by atoms with Crippen LogP contribution in [0.5, 0.6) is 0 Å². The summed E-state index contributed by atoms with van der Waals surface area (Å²) in [4.78, 5) is 74.0. The van der Waals surface area contributed by atoms with Crippen molar-refractivity contribution in [1.29, 1.82) is 0 Å². The predicted octanol–water partition coefficient (Wildman–Crippen LogP) is -2.46. The summed E-state index contributed by atoms with van der Waals surface area (Å²) >= 11 is 0. The Bertz CT molecular complexity index is 692. The number of ether oxygens (including phenoxy) is 2. The second-order valence-corrected chi connectivity index (χ2v) is 7.29. The largest absolute Gasteiger partial charge is 0.464 e. The lowest BCUT2D eigenvalue weighted by Crippen LogP contribution is -2.68. The molecule has 0 aliphatic carbocycles. The molecule has 0 bridgehead atoms. The van der Waals surface area contributed by atoms with E-state index in [1.807, 2.05) is 0 Å². The Morgan fingerprint density at radius 2 is 1.17 bits per heavy atom. The van der Waals surface area contributed by atoms with Gasteiger partial charge in [-0.05, 0) is 13.8 Å². The summed E-state index contributed by atoms with van der Waals surface area (Å²) in [6.45, 7) is 5.12. The Hall–Kier alpha value is -2.86. The average molecular weight is 426 g/mol. The van der Waals surface area contributed by atoms with Crippen molar-refractivity contribution in [2.24, 2.45) is 0 Å². The van der Waals surface area contributed by atoms with Crippen LogP contribution >= 0.6 is 0 Å². The summed E-state index contributed by atoms with van der Waals surface area (Å²) in [6.07, 6.45) is 0. The molecule has 2 aliphatic heterocycles. The Kier molecular flexibility index (Phi) is 7.62. The number of carbonyl (C=O) groups excluding carboxylic acids is 6. The SMILES string of the molecule is CC(=O)OCC1C(=O)NC(=O)CN1C(C)C(C)N1CC(=O)NC(=O)C1COC(C)=O. The number of carbonyl (C=O) groups is 6. The first kappa shape index (κ1) is 23.4. The van der Waals surface area contributed by atoms with Crippen LogP contribution in [0, 0.1) is 0 Å². The van der Waals surface area contributed by atoms with E-state index in [4.69, 9.17) is 9.47 Å². The standard InChI is InChI=1S/C18H26N4O8/c1-9(21-5-15(25)19-17(27)13(21)7-29-11(3)23)10(2)22-6-16(26)20-18(28)14(22)8-30-12(4)24/h9-10,13-14H,5-8H2,1-4H3,(H,19,25,27)(H,20,26,28). The van der Waals surface area contributed by atoms with Crippen LogP contribution in [0.1, 0.15) is 27.7 Å². The average Bonchev–Trinajstić information content (AvgIpc) is 2.63. The van der Waals surface area contributed by atoms with E-state index in [9.17, 15) is 28.8 Å². The first-order chi connectivity index (χ1) is 14.0. The van der Waals surface area contributed by atoms with Crippen molar-refractivity contribution in [3.05, 3.63) is 0 Å². The number of piperazine rings is 2. The molecule has 2 saturated heterocycles. The number of amides is 4. The highest BCUT2D eigenvalue weighted by Crippen LogP contribution is 2.20. The zero-order valence-electron chi connectivity index (χ0n) is 17.3. The molecule has 4 amide bonds. The summed E-state index contributed by atoms with van der Waals surface area (Å²) in [6, 6.07) is -2.83. The zero-order valence-corrected chi connectivity index (χ0v) is 17.3. The highest BCUT2D eigenvalue weighted by Gasteiger charge is 2.43. The summed E-state index contributed by atoms with van der Waals surface area (Å²) in [5.74, 6) is -3.37. The molecule has 0 spiro atoms. The highest BCUT2D eigenvalue weighted by atomic mass is 16.5. The van der Waals surface area contributed by atoms with Gasteiger partial charge in [0.15, 0.2) is 0 Å². The molecule has 166 valence electrons. The molecule has 12 nitrogen and oxygen atoms in total. The van der Waals surface area contributed by atoms with Crippen molar-refractivity contribution in [3.8, 4) is 0 Å². The van der Waals surface area contributed by atoms with Gasteiger partial charge in [0, 0.05) is 25.9 Å². The molecule has 0 aromatic carbocycles. The Morgan fingerprint density at radius 3 is 1.47 bits per heavy atom. The first-order valence-corrected chi connectivity index (χ1v) is 9.46. The van der Waals surface area contributed by atoms with Gasteiger partial charge in [0.1, 0.15) is 25.3 Å². The fourth-order valence-electron chi connectivity index (χ4n) is 3.52. The van der Waals surface area contributed by atoms with E-state index < -0.39 is 59.7 Å². The second kappa shape index (κ2) is 9.76. The van der Waals surface area contributed by atoms with Crippen LogP contribution in [-0.4, -0.2) is 95.8 Å². The zero-order chi connectivity index (χ0) is 22.6. The fraction of sp³-hybridized carbons (Fsp3) is 0.667. The maximum atomic E-state index is 12.3. The summed E-state index contributed by atoms with van der Waals surface area (Å²) < 4.78 is 9.94. The van der Waals surface area contributed by atoms with E-state index in [0.717, 1.165) is 0 Å². The number of nitrogens with one attached hydrogen (secondary N) is 2. The quantitative estimate of drug-likeness (QED) is 0.331. The van der Waals surface area contributed by atoms with E-state index in [1.165, 1.54) is 13.8 Å². The molecule has 0 aromatic rings. The summed E-state index contributed by atoms with van der Waals surface area (Å²) in [5, 5.41) is 4.42. The van der Waals surface area contributed by atoms with Crippen molar-refractivity contribution in [3.63, 3.8) is 0 Å². The van der Waals surface area contributed by atoms with Crippen LogP contribution in [0.3, 0.4) is 0 Å². The number of hydrogen-bond acceptors (Lipinski definition) is 10. The van der Waals surface area contributed by atoms with E-state index in [-0.39, 0.29) is 26.3 Å². The molecule has 4 unspecified atom stereocenters. The Morgan fingerprint density at radius 1 is 0.833 bits per heavy atom. The predicted molar refractivity (Wildman–Crippen MR) is 99.5 cm³/mol. The van der Waals surface area contributed by atoms with Gasteiger partial charge in [-0.3, -0.25) is 49.2 Å². The van der Waals surface area contributed by atoms with Gasteiger partial charge in [-0.1, -0.05) is 0 Å². The van der Waals surface area contributed by atoms with Gasteiger partial charge in [-0.25, -0.2) is 0 Å². The molecule has 0 saturated carbocycles. The van der Waals surface area contributed by atoms with Crippen LogP contribution in [-0.2, 0) is 38.2 Å². The van der Waals surface area contributed by atoms with E-state index in [2.05, 4.69) is 10.6 Å². The first-order valence-electron chi connectivity index (χ1n) is 9.46. The maximum absolute atomic E-state index is 12.3. The van der Waals surface area contributed by atoms with Gasteiger partial charge < -0.3 is 9.47 Å². The molecule has 2 heterocycles. The molecular formula is C18H26N4O8. The number of esters is 2. The molecule has 30 heavy (non-hydrogen) atoms. The minimum atomic E-state index is -0.912. The van der Waals surface area contributed by atoms with Crippen LogP contribution in [0.4, 0.5) is 0 Å². The van der Waals surface area contributed by atoms with E-state index >= 15 is 0 Å². The molecule has 0 radical (unpaired) electrons. The molecular weight excluding hydrogens is 400 g/mol. The highest BCUT2D eigenvalue weighted by molar-refractivity contribution is 6.02. The monoisotopic (exact) mass is 426 g/mol. The lowest BCUT2D eigenvalue weighted by atomic mass is 10.0. The maximum Gasteiger partial charge on any atom is 0.302 e. The van der Waals surface area contributed by atoms with Crippen molar-refractivity contribution >= 4 is 35.6 Å². The Balaban J connectivity index is 2.24. The van der Waals surface area contributed by atoms with Gasteiger partial charge in [0.05, 0.1) is 13.1 Å². The van der Waals surface area contributed by atoms with Crippen LogP contribution < -0.4 is 10.6 Å². The van der Waals surface area contributed by atoms with Gasteiger partial charge in [-0.15, -0.1) is 0 Å². The third-order valence-corrected chi connectivity index (χ3v) is 5.22. The number of hydrogen-bond donors (Lipinski definition) is 2. The van der Waals surface area contributed by atoms with Gasteiger partial charge >= 0.3 is 11.9 Å². The molecule has 2 N–H and O–H groups in total. The van der Waals surface area contributed by atoms with Crippen LogP contribution in [0.15, 0.2) is 0 Å². The fourth-order valence-corrected chi connectivity index (χ4v) is 3.52. The lowest BCUT2D eigenvalue weighted by Gasteiger charge is -2.45. The van der Waals surface area contributed by atoms with E-state index in [0.29, 0.717) is 0 Å². The van der Waals surface area contributed by atoms with Gasteiger partial charge in [-0.2, -0.15) is 0 Å². The molecule has 4 atom stereocenters. The second-order valence-electron chi connectivity index (χ2n) is 7.29. The molecule has 12 heteroatoms. The topological polar surface area (TPSA) is 151 Å². The smallest absolute Gasteiger partial charge is 0.302 e. The third-order valence-electron chi connectivity index (χ3n) is 5.22. The summed E-state index contributed by atoms with van der Waals surface area (Å²) in [7, 11) is 0. The normalized spacial score (nSPS) is 25.2. The molecule has 2 fully saturated rings. The molecule has 0 aromatic heterocycles. The van der Waals surface area contributed by atoms with Crippen molar-refractivity contribution < 1.29 is 38.2 Å². The lowest BCUT2D eigenvalue weighted by molar-refractivity contribution is -0.156. The van der Waals surface area contributed by atoms with Crippen LogP contribution in [0.25, 0.3) is 0 Å². The van der Waals surface area contributed by atoms with Crippen LogP contribution in [0.2, 0.25) is 0 Å². The summed E-state index contributed by atoms with van der Waals surface area (Å²) in [5.41, 5.74) is 0. The van der Waals surface area contributed by atoms with Crippen molar-refractivity contribution in [2.45, 2.75) is 51.9 Å². The minimum Gasteiger partial charge on any atom is -0.464 e. The van der Waals surface area contributed by atoms with Crippen molar-refractivity contribution in [1.82, 2.24) is 20.4 Å². The van der Waals surface area contributed by atoms with Crippen molar-refractivity contribution in [2.75, 3.05) is 26.3 Å². The number of nitrogens with zero attached hydrogens (tertiary/aromatic N) is 2. The van der Waals surface area contributed by atoms with Gasteiger partial charge in [0.2, 0.25) is 23.6 Å². The third kappa shape index (κ3) is 5.60.